The molecule has 0 N–H and O–H groups in total. The normalized spacial score (nSPS) is 15.7. The molecule has 0 saturated heterocycles. The highest BCUT2D eigenvalue weighted by Crippen LogP contribution is 2.44. The molecule has 1 unspecified atom stereocenters. The van der Waals surface area contributed by atoms with Gasteiger partial charge in [-0.05, 0) is 29.3 Å². The van der Waals surface area contributed by atoms with Crippen LogP contribution in [0.1, 0.15) is 25.7 Å². The van der Waals surface area contributed by atoms with Gasteiger partial charge in [-0.2, -0.15) is 0 Å². The molecule has 0 radical (unpaired) electrons. The third-order valence-electron chi connectivity index (χ3n) is 3.54. The van der Waals surface area contributed by atoms with E-state index in [2.05, 4.69) is 37.9 Å². The van der Waals surface area contributed by atoms with Crippen molar-refractivity contribution in [3.8, 4) is 16.2 Å². The van der Waals surface area contributed by atoms with Crippen LogP contribution in [0.4, 0.5) is 0 Å². The molecule has 2 atom stereocenters. The number of carbonyl (C=O) groups excluding carboxylic acids is 2. The van der Waals surface area contributed by atoms with E-state index in [1.54, 1.807) is 11.3 Å². The molecule has 2 aromatic rings. The van der Waals surface area contributed by atoms with Crippen molar-refractivity contribution >= 4 is 55.8 Å². The van der Waals surface area contributed by atoms with Gasteiger partial charge >= 0.3 is 0 Å². The maximum Gasteiger partial charge on any atom is 0.138 e. The Hall–Kier alpha value is -0.980. The highest BCUT2D eigenvalue weighted by Gasteiger charge is 2.22. The second-order valence-electron chi connectivity index (χ2n) is 4.93. The van der Waals surface area contributed by atoms with Gasteiger partial charge in [-0.3, -0.25) is 0 Å². The molecule has 0 spiro atoms. The summed E-state index contributed by atoms with van der Waals surface area (Å²) in [6, 6.07) is 7.88. The first-order valence-electron chi connectivity index (χ1n) is 6.72. The summed E-state index contributed by atoms with van der Waals surface area (Å²) in [7, 11) is 0. The molecule has 2 heterocycles. The number of thiophene rings is 1. The molecular weight excluding hydrogens is 432 g/mol. The van der Waals surface area contributed by atoms with Crippen molar-refractivity contribution in [1.29, 1.82) is 0 Å². The predicted octanol–water partition coefficient (Wildman–Crippen LogP) is 4.62. The van der Waals surface area contributed by atoms with Crippen LogP contribution in [0.15, 0.2) is 24.3 Å². The number of benzene rings is 1. The Balaban J connectivity index is 2.08. The third-order valence-corrected chi connectivity index (χ3v) is 6.59. The summed E-state index contributed by atoms with van der Waals surface area (Å²) in [5, 5.41) is 0. The summed E-state index contributed by atoms with van der Waals surface area (Å²) in [4.78, 5) is 23.5. The molecule has 1 aliphatic rings. The Labute approximate surface area is 148 Å². The molecule has 0 aliphatic carbocycles. The maximum absolute atomic E-state index is 11.0. The number of ether oxygens (including phenoxy) is 1. The van der Waals surface area contributed by atoms with Crippen molar-refractivity contribution in [3.05, 3.63) is 40.3 Å². The number of carbonyl (C=O) groups is 2. The zero-order valence-electron chi connectivity index (χ0n) is 11.4. The van der Waals surface area contributed by atoms with E-state index in [1.807, 2.05) is 18.2 Å². The predicted molar refractivity (Wildman–Crippen MR) is 94.4 cm³/mol. The van der Waals surface area contributed by atoms with Gasteiger partial charge < -0.3 is 14.3 Å². The number of fused-ring (bicyclic) bond motifs is 3. The van der Waals surface area contributed by atoms with Gasteiger partial charge in [0.2, 0.25) is 0 Å². The number of hydrogen-bond acceptors (Lipinski definition) is 4. The molecule has 1 aromatic carbocycles. The second-order valence-corrected chi connectivity index (χ2v) is 7.99. The molecule has 114 valence electrons. The van der Waals surface area contributed by atoms with Crippen LogP contribution in [-0.2, 0) is 16.0 Å². The fraction of sp³-hybridized carbons (Fsp3) is 0.250. The second kappa shape index (κ2) is 6.64. The van der Waals surface area contributed by atoms with Crippen LogP contribution < -0.4 is 4.74 Å². The van der Waals surface area contributed by atoms with Crippen LogP contribution in [0.5, 0.6) is 5.75 Å². The molecule has 3 rings (SSSR count). The van der Waals surface area contributed by atoms with Crippen LogP contribution in [-0.4, -0.2) is 19.2 Å². The van der Waals surface area contributed by atoms with Crippen molar-refractivity contribution in [2.75, 3.05) is 6.61 Å². The number of halogens is 2. The summed E-state index contributed by atoms with van der Waals surface area (Å²) in [5.74, 6) is 0.785. The summed E-state index contributed by atoms with van der Waals surface area (Å²) in [6.07, 6.45) is 2.55. The summed E-state index contributed by atoms with van der Waals surface area (Å²) < 4.78 is 5.84. The standard InChI is InChI=1S/C16H12Br2O3S/c17-12(7-19)9-1-2-11-14(5-9)21-4-3-10-6-15(13(18)8-20)22-16(10)11/h1-2,5-8,12-13H,3-4H2/t12?,13-/m1/s1. The molecule has 3 nitrogen and oxygen atoms in total. The van der Waals surface area contributed by atoms with Crippen molar-refractivity contribution in [3.63, 3.8) is 0 Å². The lowest BCUT2D eigenvalue weighted by molar-refractivity contribution is -0.108. The fourth-order valence-electron chi connectivity index (χ4n) is 2.43. The molecule has 0 bridgehead atoms. The molecule has 1 aliphatic heterocycles. The fourth-order valence-corrected chi connectivity index (χ4v) is 4.31. The van der Waals surface area contributed by atoms with Crippen LogP contribution in [0.2, 0.25) is 0 Å². The Morgan fingerprint density at radius 2 is 1.91 bits per heavy atom. The van der Waals surface area contributed by atoms with Crippen LogP contribution in [0.25, 0.3) is 10.4 Å². The van der Waals surface area contributed by atoms with Crippen molar-refractivity contribution in [1.82, 2.24) is 0 Å². The van der Waals surface area contributed by atoms with Gasteiger partial charge in [-0.1, -0.05) is 37.9 Å². The van der Waals surface area contributed by atoms with Gasteiger partial charge in [0.25, 0.3) is 0 Å². The Bertz CT molecular complexity index is 726. The van der Waals surface area contributed by atoms with Gasteiger partial charge in [0.15, 0.2) is 0 Å². The Morgan fingerprint density at radius 3 is 2.64 bits per heavy atom. The molecule has 0 amide bonds. The van der Waals surface area contributed by atoms with Crippen molar-refractivity contribution in [2.24, 2.45) is 0 Å². The van der Waals surface area contributed by atoms with Gasteiger partial charge in [0.1, 0.15) is 23.1 Å². The lowest BCUT2D eigenvalue weighted by Gasteiger charge is -2.10. The van der Waals surface area contributed by atoms with Crippen molar-refractivity contribution < 1.29 is 14.3 Å². The number of aldehydes is 2. The lowest BCUT2D eigenvalue weighted by atomic mass is 10.0. The topological polar surface area (TPSA) is 43.4 Å². The SMILES string of the molecule is O=CC(Br)c1ccc2c(c1)OCCc1cc([C@H](Br)C=O)sc1-2. The van der Waals surface area contributed by atoms with E-state index in [1.165, 1.54) is 5.56 Å². The average Bonchev–Trinajstić information content (AvgIpc) is 2.89. The number of alkyl halides is 2. The molecular formula is C16H12Br2O3S. The van der Waals surface area contributed by atoms with E-state index in [-0.39, 0.29) is 9.65 Å². The first-order valence-corrected chi connectivity index (χ1v) is 9.37. The molecule has 22 heavy (non-hydrogen) atoms. The zero-order chi connectivity index (χ0) is 15.7. The van der Waals surface area contributed by atoms with Gasteiger partial charge in [0.05, 0.1) is 11.4 Å². The first kappa shape index (κ1) is 15.9. The quantitative estimate of drug-likeness (QED) is 0.511. The first-order chi connectivity index (χ1) is 10.6. The van der Waals surface area contributed by atoms with Gasteiger partial charge in [-0.25, -0.2) is 0 Å². The van der Waals surface area contributed by atoms with Crippen molar-refractivity contribution in [2.45, 2.75) is 16.1 Å². The van der Waals surface area contributed by atoms with E-state index in [0.29, 0.717) is 6.61 Å². The molecule has 0 saturated carbocycles. The zero-order valence-corrected chi connectivity index (χ0v) is 15.4. The smallest absolute Gasteiger partial charge is 0.138 e. The number of hydrogen-bond donors (Lipinski definition) is 0. The molecule has 6 heteroatoms. The Kier molecular flexibility index (Phi) is 4.80. The van der Waals surface area contributed by atoms with Crippen LogP contribution in [0, 0.1) is 0 Å². The highest BCUT2D eigenvalue weighted by molar-refractivity contribution is 9.09. The van der Waals surface area contributed by atoms with E-state index in [4.69, 9.17) is 4.74 Å². The van der Waals surface area contributed by atoms with Gasteiger partial charge in [-0.15, -0.1) is 11.3 Å². The number of rotatable bonds is 4. The lowest BCUT2D eigenvalue weighted by Crippen LogP contribution is -1.99. The average molecular weight is 444 g/mol. The minimum absolute atomic E-state index is 0.268. The molecule has 0 fully saturated rings. The largest absolute Gasteiger partial charge is 0.493 e. The third kappa shape index (κ3) is 2.92. The minimum atomic E-state index is -0.329. The molecule has 1 aromatic heterocycles. The summed E-state index contributed by atoms with van der Waals surface area (Å²) in [5.41, 5.74) is 3.09. The summed E-state index contributed by atoms with van der Waals surface area (Å²) >= 11 is 8.31. The monoisotopic (exact) mass is 442 g/mol. The highest BCUT2D eigenvalue weighted by atomic mass is 79.9. The van der Waals surface area contributed by atoms with Crippen LogP contribution >= 0.6 is 43.2 Å². The van der Waals surface area contributed by atoms with Crippen LogP contribution in [0.3, 0.4) is 0 Å². The Morgan fingerprint density at radius 1 is 1.14 bits per heavy atom. The van der Waals surface area contributed by atoms with E-state index in [0.717, 1.165) is 45.6 Å². The van der Waals surface area contributed by atoms with E-state index >= 15 is 0 Å². The summed E-state index contributed by atoms with van der Waals surface area (Å²) in [6.45, 7) is 0.585. The minimum Gasteiger partial charge on any atom is -0.493 e. The van der Waals surface area contributed by atoms with E-state index in [9.17, 15) is 9.59 Å². The van der Waals surface area contributed by atoms with E-state index < -0.39 is 0 Å². The van der Waals surface area contributed by atoms with Gasteiger partial charge in [0, 0.05) is 21.7 Å². The maximum atomic E-state index is 11.0.